The average molecular weight is 238 g/mol. The molecular weight excluding hydrogens is 226 g/mol. The molecule has 0 aromatic heterocycles. The maximum atomic E-state index is 13.3. The Kier molecular flexibility index (Phi) is 3.19. The Balaban J connectivity index is 2.19. The number of hydrogen-bond donors (Lipinski definition) is 2. The molecule has 1 aliphatic heterocycles. The van der Waals surface area contributed by atoms with Gasteiger partial charge in [0.25, 0.3) is 5.91 Å². The van der Waals surface area contributed by atoms with Crippen LogP contribution in [0.15, 0.2) is 29.3 Å². The summed E-state index contributed by atoms with van der Waals surface area (Å²) in [6.45, 7) is 2.95. The molecule has 0 aliphatic carbocycles. The molecule has 90 valence electrons. The van der Waals surface area contributed by atoms with Crippen LogP contribution in [0.2, 0.25) is 0 Å². The third kappa shape index (κ3) is 2.34. The zero-order valence-electron chi connectivity index (χ0n) is 9.31. The standard InChI is InChI=1S/C12H12F2N2O/c1-7(8-5-15-6-8)12(17)16-11-9(13)3-2-4-10(11)14/h2-4,15H,5-6H2,1H3,(H,16,17). The number of anilines is 1. The summed E-state index contributed by atoms with van der Waals surface area (Å²) in [5.41, 5.74) is 1.07. The van der Waals surface area contributed by atoms with Crippen LogP contribution in [0.5, 0.6) is 0 Å². The largest absolute Gasteiger partial charge is 0.317 e. The molecule has 17 heavy (non-hydrogen) atoms. The lowest BCUT2D eigenvalue weighted by atomic mass is 10.0. The second-order valence-corrected chi connectivity index (χ2v) is 3.88. The molecule has 3 nitrogen and oxygen atoms in total. The molecule has 1 fully saturated rings. The maximum absolute atomic E-state index is 13.3. The molecule has 1 amide bonds. The van der Waals surface area contributed by atoms with Gasteiger partial charge in [-0.3, -0.25) is 4.79 Å². The van der Waals surface area contributed by atoms with E-state index in [1.54, 1.807) is 6.92 Å². The van der Waals surface area contributed by atoms with Gasteiger partial charge in [0.1, 0.15) is 17.3 Å². The Labute approximate surface area is 97.5 Å². The molecule has 0 spiro atoms. The third-order valence-electron chi connectivity index (χ3n) is 2.75. The summed E-state index contributed by atoms with van der Waals surface area (Å²) < 4.78 is 26.6. The van der Waals surface area contributed by atoms with Crippen LogP contribution >= 0.6 is 0 Å². The molecule has 1 aromatic carbocycles. The first-order valence-corrected chi connectivity index (χ1v) is 5.24. The topological polar surface area (TPSA) is 41.1 Å². The minimum absolute atomic E-state index is 0.398. The minimum atomic E-state index is -0.775. The van der Waals surface area contributed by atoms with Crippen molar-refractivity contribution in [1.82, 2.24) is 5.32 Å². The molecule has 1 aromatic rings. The first-order valence-electron chi connectivity index (χ1n) is 5.24. The predicted octanol–water partition coefficient (Wildman–Crippen LogP) is 1.82. The summed E-state index contributed by atoms with van der Waals surface area (Å²) in [7, 11) is 0. The molecule has 2 rings (SSSR count). The smallest absolute Gasteiger partial charge is 0.251 e. The fourth-order valence-corrected chi connectivity index (χ4v) is 1.50. The number of nitrogens with one attached hydrogen (secondary N) is 2. The Morgan fingerprint density at radius 1 is 1.29 bits per heavy atom. The van der Waals surface area contributed by atoms with Crippen molar-refractivity contribution in [2.24, 2.45) is 0 Å². The normalized spacial score (nSPS) is 14.2. The van der Waals surface area contributed by atoms with Gasteiger partial charge >= 0.3 is 0 Å². The summed E-state index contributed by atoms with van der Waals surface area (Å²) in [4.78, 5) is 11.7. The fraction of sp³-hybridized carbons (Fsp3) is 0.250. The van der Waals surface area contributed by atoms with Crippen LogP contribution in [0, 0.1) is 11.6 Å². The van der Waals surface area contributed by atoms with E-state index in [0.717, 1.165) is 17.7 Å². The van der Waals surface area contributed by atoms with Crippen molar-refractivity contribution in [3.05, 3.63) is 41.0 Å². The van der Waals surface area contributed by atoms with Gasteiger partial charge in [-0.25, -0.2) is 8.78 Å². The molecule has 1 heterocycles. The second-order valence-electron chi connectivity index (χ2n) is 3.88. The average Bonchev–Trinajstić information content (AvgIpc) is 2.21. The summed E-state index contributed by atoms with van der Waals surface area (Å²) in [6.07, 6.45) is 0. The summed E-state index contributed by atoms with van der Waals surface area (Å²) in [6, 6.07) is 3.46. The summed E-state index contributed by atoms with van der Waals surface area (Å²) >= 11 is 0. The second kappa shape index (κ2) is 4.63. The highest BCUT2D eigenvalue weighted by Gasteiger charge is 2.18. The van der Waals surface area contributed by atoms with E-state index in [1.807, 2.05) is 0 Å². The predicted molar refractivity (Wildman–Crippen MR) is 60.6 cm³/mol. The zero-order chi connectivity index (χ0) is 12.4. The first-order chi connectivity index (χ1) is 8.09. The number of para-hydroxylation sites is 1. The van der Waals surface area contributed by atoms with Crippen LogP contribution in [0.25, 0.3) is 0 Å². The number of carbonyl (C=O) groups is 1. The Hall–Kier alpha value is -1.75. The van der Waals surface area contributed by atoms with E-state index in [2.05, 4.69) is 10.6 Å². The third-order valence-corrected chi connectivity index (χ3v) is 2.75. The molecule has 0 atom stereocenters. The minimum Gasteiger partial charge on any atom is -0.317 e. The van der Waals surface area contributed by atoms with Crippen molar-refractivity contribution in [3.8, 4) is 0 Å². The Morgan fingerprint density at radius 3 is 2.35 bits per heavy atom. The van der Waals surface area contributed by atoms with Gasteiger partial charge in [-0.05, 0) is 24.6 Å². The Bertz CT molecular complexity index is 471. The van der Waals surface area contributed by atoms with Crippen molar-refractivity contribution in [2.45, 2.75) is 6.92 Å². The van der Waals surface area contributed by atoms with Crippen LogP contribution in [-0.4, -0.2) is 19.0 Å². The summed E-state index contributed by atoms with van der Waals surface area (Å²) in [5, 5.41) is 5.25. The van der Waals surface area contributed by atoms with Crippen LogP contribution in [0.1, 0.15) is 6.92 Å². The number of carbonyl (C=O) groups excluding carboxylic acids is 1. The van der Waals surface area contributed by atoms with E-state index in [0.29, 0.717) is 18.7 Å². The van der Waals surface area contributed by atoms with Crippen molar-refractivity contribution in [1.29, 1.82) is 0 Å². The van der Waals surface area contributed by atoms with Crippen molar-refractivity contribution in [3.63, 3.8) is 0 Å². The first kappa shape index (κ1) is 11.7. The number of rotatable bonds is 2. The zero-order valence-corrected chi connectivity index (χ0v) is 9.31. The molecule has 2 N–H and O–H groups in total. The van der Waals surface area contributed by atoms with E-state index in [-0.39, 0.29) is 0 Å². The lowest BCUT2D eigenvalue weighted by molar-refractivity contribution is -0.112. The van der Waals surface area contributed by atoms with Gasteiger partial charge in [0.15, 0.2) is 0 Å². The van der Waals surface area contributed by atoms with E-state index < -0.39 is 23.2 Å². The fourth-order valence-electron chi connectivity index (χ4n) is 1.50. The van der Waals surface area contributed by atoms with Gasteiger partial charge in [-0.2, -0.15) is 0 Å². The highest BCUT2D eigenvalue weighted by atomic mass is 19.1. The molecule has 1 saturated heterocycles. The van der Waals surface area contributed by atoms with E-state index in [1.165, 1.54) is 6.07 Å². The lowest BCUT2D eigenvalue weighted by Gasteiger charge is -2.21. The highest BCUT2D eigenvalue weighted by molar-refractivity contribution is 6.04. The molecule has 1 aliphatic rings. The summed E-state index contributed by atoms with van der Waals surface area (Å²) in [5.74, 6) is -2.02. The molecular formula is C12H12F2N2O. The molecule has 0 saturated carbocycles. The van der Waals surface area contributed by atoms with E-state index >= 15 is 0 Å². The van der Waals surface area contributed by atoms with Crippen LogP contribution < -0.4 is 10.6 Å². The number of amides is 1. The van der Waals surface area contributed by atoms with Gasteiger partial charge in [0.2, 0.25) is 0 Å². The molecule has 0 bridgehead atoms. The van der Waals surface area contributed by atoms with Gasteiger partial charge in [-0.1, -0.05) is 6.07 Å². The van der Waals surface area contributed by atoms with Crippen LogP contribution in [-0.2, 0) is 4.79 Å². The number of hydrogen-bond acceptors (Lipinski definition) is 2. The van der Waals surface area contributed by atoms with Crippen LogP contribution in [0.3, 0.4) is 0 Å². The highest BCUT2D eigenvalue weighted by Crippen LogP contribution is 2.19. The molecule has 0 unspecified atom stereocenters. The van der Waals surface area contributed by atoms with Gasteiger partial charge in [-0.15, -0.1) is 0 Å². The van der Waals surface area contributed by atoms with Crippen molar-refractivity contribution in [2.75, 3.05) is 18.4 Å². The number of benzene rings is 1. The SMILES string of the molecule is CC(C(=O)Nc1c(F)cccc1F)=C1CNC1. The van der Waals surface area contributed by atoms with Crippen LogP contribution in [0.4, 0.5) is 14.5 Å². The van der Waals surface area contributed by atoms with Crippen molar-refractivity contribution >= 4 is 11.6 Å². The maximum Gasteiger partial charge on any atom is 0.251 e. The molecule has 5 heteroatoms. The van der Waals surface area contributed by atoms with Gasteiger partial charge in [0.05, 0.1) is 0 Å². The van der Waals surface area contributed by atoms with Crippen molar-refractivity contribution < 1.29 is 13.6 Å². The van der Waals surface area contributed by atoms with E-state index in [4.69, 9.17) is 0 Å². The molecule has 0 radical (unpaired) electrons. The number of halogens is 2. The monoisotopic (exact) mass is 238 g/mol. The lowest BCUT2D eigenvalue weighted by Crippen LogP contribution is -2.36. The van der Waals surface area contributed by atoms with Gasteiger partial charge < -0.3 is 10.6 Å². The van der Waals surface area contributed by atoms with Gasteiger partial charge in [0, 0.05) is 18.7 Å². The van der Waals surface area contributed by atoms with E-state index in [9.17, 15) is 13.6 Å². The quantitative estimate of drug-likeness (QED) is 0.772. The Morgan fingerprint density at radius 2 is 1.88 bits per heavy atom.